The molecule has 2 aromatic carbocycles. The van der Waals surface area contributed by atoms with E-state index < -0.39 is 0 Å². The number of benzene rings is 2. The fourth-order valence-corrected chi connectivity index (χ4v) is 3.05. The number of hydrogen-bond acceptors (Lipinski definition) is 5. The maximum absolute atomic E-state index is 12.6. The molecule has 0 unspecified atom stereocenters. The average molecular weight is 384 g/mol. The smallest absolute Gasteiger partial charge is 0.251 e. The Morgan fingerprint density at radius 1 is 1.11 bits per heavy atom. The number of amides is 2. The van der Waals surface area contributed by atoms with Crippen molar-refractivity contribution in [3.05, 3.63) is 59.7 Å². The third-order valence-electron chi connectivity index (χ3n) is 4.60. The van der Waals surface area contributed by atoms with Gasteiger partial charge in [0, 0.05) is 18.2 Å². The number of methoxy groups -OCH3 is 2. The van der Waals surface area contributed by atoms with E-state index in [0.717, 1.165) is 5.56 Å². The number of nitrogens with one attached hydrogen (secondary N) is 1. The Hall–Kier alpha value is -3.06. The zero-order chi connectivity index (χ0) is 19.9. The van der Waals surface area contributed by atoms with E-state index in [9.17, 15) is 9.59 Å². The molecule has 1 saturated heterocycles. The zero-order valence-electron chi connectivity index (χ0n) is 16.0. The molecule has 1 aliphatic rings. The third-order valence-corrected chi connectivity index (χ3v) is 4.60. The molecule has 1 heterocycles. The van der Waals surface area contributed by atoms with E-state index >= 15 is 0 Å². The largest absolute Gasteiger partial charge is 0.497 e. The Bertz CT molecular complexity index is 803. The number of morpholine rings is 1. The highest BCUT2D eigenvalue weighted by Gasteiger charge is 2.25. The molecule has 0 aromatic heterocycles. The summed E-state index contributed by atoms with van der Waals surface area (Å²) in [4.78, 5) is 26.7. The lowest BCUT2D eigenvalue weighted by Crippen LogP contribution is -2.46. The van der Waals surface area contributed by atoms with Crippen LogP contribution in [0, 0.1) is 0 Å². The van der Waals surface area contributed by atoms with E-state index in [2.05, 4.69) is 5.32 Å². The van der Waals surface area contributed by atoms with Gasteiger partial charge in [0.1, 0.15) is 17.6 Å². The van der Waals surface area contributed by atoms with E-state index in [1.807, 2.05) is 30.3 Å². The van der Waals surface area contributed by atoms with Crippen molar-refractivity contribution < 1.29 is 23.8 Å². The molecule has 7 nitrogen and oxygen atoms in total. The van der Waals surface area contributed by atoms with Gasteiger partial charge in [-0.2, -0.15) is 0 Å². The molecule has 0 bridgehead atoms. The van der Waals surface area contributed by atoms with Crippen LogP contribution in [0.2, 0.25) is 0 Å². The highest BCUT2D eigenvalue weighted by Crippen LogP contribution is 2.23. The summed E-state index contributed by atoms with van der Waals surface area (Å²) < 4.78 is 16.1. The molecule has 3 rings (SSSR count). The van der Waals surface area contributed by atoms with Gasteiger partial charge in [0.2, 0.25) is 5.91 Å². The molecule has 0 spiro atoms. The standard InChI is InChI=1S/C21H24N2O5/c1-26-17-10-16(11-18(12-17)27-2)21(25)22-13-20(24)23-8-9-28-19(14-23)15-6-4-3-5-7-15/h3-7,10-12,19H,8-9,13-14H2,1-2H3,(H,22,25)/t19-/m1/s1. The van der Waals surface area contributed by atoms with Crippen LogP contribution in [-0.4, -0.2) is 57.2 Å². The number of rotatable bonds is 6. The second-order valence-corrected chi connectivity index (χ2v) is 6.39. The van der Waals surface area contributed by atoms with Crippen LogP contribution in [0.1, 0.15) is 22.0 Å². The summed E-state index contributed by atoms with van der Waals surface area (Å²) in [6, 6.07) is 14.7. The topological polar surface area (TPSA) is 77.1 Å². The van der Waals surface area contributed by atoms with Gasteiger partial charge in [0.05, 0.1) is 33.9 Å². The molecule has 7 heteroatoms. The van der Waals surface area contributed by atoms with Crippen molar-refractivity contribution in [3.8, 4) is 11.5 Å². The number of ether oxygens (including phenoxy) is 3. The zero-order valence-corrected chi connectivity index (χ0v) is 16.0. The molecule has 148 valence electrons. The summed E-state index contributed by atoms with van der Waals surface area (Å²) in [5.41, 5.74) is 1.40. The highest BCUT2D eigenvalue weighted by molar-refractivity contribution is 5.97. The van der Waals surface area contributed by atoms with Gasteiger partial charge in [-0.25, -0.2) is 0 Å². The molecule has 1 N–H and O–H groups in total. The maximum Gasteiger partial charge on any atom is 0.251 e. The minimum Gasteiger partial charge on any atom is -0.497 e. The normalized spacial score (nSPS) is 16.4. The molecule has 0 aliphatic carbocycles. The van der Waals surface area contributed by atoms with Crippen LogP contribution in [0.15, 0.2) is 48.5 Å². The quantitative estimate of drug-likeness (QED) is 0.825. The Labute approximate surface area is 164 Å². The van der Waals surface area contributed by atoms with Gasteiger partial charge in [-0.05, 0) is 17.7 Å². The number of nitrogens with zero attached hydrogens (tertiary/aromatic N) is 1. The van der Waals surface area contributed by atoms with E-state index in [4.69, 9.17) is 14.2 Å². The lowest BCUT2D eigenvalue weighted by molar-refractivity contribution is -0.137. The second-order valence-electron chi connectivity index (χ2n) is 6.39. The summed E-state index contributed by atoms with van der Waals surface area (Å²) >= 11 is 0. The van der Waals surface area contributed by atoms with Crippen LogP contribution in [0.5, 0.6) is 11.5 Å². The molecule has 1 aliphatic heterocycles. The Morgan fingerprint density at radius 3 is 2.43 bits per heavy atom. The minimum atomic E-state index is -0.363. The summed E-state index contributed by atoms with van der Waals surface area (Å²) in [6.45, 7) is 1.35. The van der Waals surface area contributed by atoms with E-state index in [0.29, 0.717) is 36.8 Å². The van der Waals surface area contributed by atoms with Crippen molar-refractivity contribution >= 4 is 11.8 Å². The molecule has 1 atom stereocenters. The first-order valence-corrected chi connectivity index (χ1v) is 9.06. The van der Waals surface area contributed by atoms with Crippen LogP contribution in [-0.2, 0) is 9.53 Å². The van der Waals surface area contributed by atoms with Gasteiger partial charge in [-0.1, -0.05) is 30.3 Å². The first-order chi connectivity index (χ1) is 13.6. The Morgan fingerprint density at radius 2 is 1.79 bits per heavy atom. The SMILES string of the molecule is COc1cc(OC)cc(C(=O)NCC(=O)N2CCO[C@@H](c3ccccc3)C2)c1. The van der Waals surface area contributed by atoms with Gasteiger partial charge >= 0.3 is 0 Å². The first kappa shape index (κ1) is 19.7. The van der Waals surface area contributed by atoms with Gasteiger partial charge < -0.3 is 24.4 Å². The van der Waals surface area contributed by atoms with Crippen molar-refractivity contribution in [2.75, 3.05) is 40.5 Å². The van der Waals surface area contributed by atoms with Crippen LogP contribution >= 0.6 is 0 Å². The van der Waals surface area contributed by atoms with Crippen LogP contribution in [0.4, 0.5) is 0 Å². The molecule has 0 saturated carbocycles. The fourth-order valence-electron chi connectivity index (χ4n) is 3.05. The lowest BCUT2D eigenvalue weighted by Gasteiger charge is -2.33. The van der Waals surface area contributed by atoms with E-state index in [-0.39, 0.29) is 24.5 Å². The van der Waals surface area contributed by atoms with Crippen LogP contribution in [0.3, 0.4) is 0 Å². The molecule has 2 amide bonds. The van der Waals surface area contributed by atoms with Crippen LogP contribution < -0.4 is 14.8 Å². The third kappa shape index (κ3) is 4.80. The maximum atomic E-state index is 12.6. The molecule has 1 fully saturated rings. The van der Waals surface area contributed by atoms with Gasteiger partial charge in [-0.3, -0.25) is 9.59 Å². The Kier molecular flexibility index (Phi) is 6.49. The second kappa shape index (κ2) is 9.23. The number of hydrogen-bond donors (Lipinski definition) is 1. The van der Waals surface area contributed by atoms with E-state index in [1.54, 1.807) is 23.1 Å². The summed E-state index contributed by atoms with van der Waals surface area (Å²) in [5.74, 6) is 0.510. The van der Waals surface area contributed by atoms with Crippen molar-refractivity contribution in [2.45, 2.75) is 6.10 Å². The molecule has 0 radical (unpaired) electrons. The predicted molar refractivity (Wildman–Crippen MR) is 104 cm³/mol. The number of carbonyl (C=O) groups excluding carboxylic acids is 2. The predicted octanol–water partition coefficient (Wildman–Crippen LogP) is 2.03. The Balaban J connectivity index is 1.58. The average Bonchev–Trinajstić information content (AvgIpc) is 2.77. The minimum absolute atomic E-state index is 0.0835. The molecule has 28 heavy (non-hydrogen) atoms. The first-order valence-electron chi connectivity index (χ1n) is 9.06. The van der Waals surface area contributed by atoms with Crippen LogP contribution in [0.25, 0.3) is 0 Å². The lowest BCUT2D eigenvalue weighted by atomic mass is 10.1. The van der Waals surface area contributed by atoms with Gasteiger partial charge in [-0.15, -0.1) is 0 Å². The van der Waals surface area contributed by atoms with Crippen molar-refractivity contribution in [1.82, 2.24) is 10.2 Å². The summed E-state index contributed by atoms with van der Waals surface area (Å²) in [6.07, 6.45) is -0.155. The van der Waals surface area contributed by atoms with Crippen molar-refractivity contribution in [2.24, 2.45) is 0 Å². The van der Waals surface area contributed by atoms with Crippen molar-refractivity contribution in [3.63, 3.8) is 0 Å². The van der Waals surface area contributed by atoms with Crippen molar-refractivity contribution in [1.29, 1.82) is 0 Å². The number of carbonyl (C=O) groups is 2. The molecule has 2 aromatic rings. The summed E-state index contributed by atoms with van der Waals surface area (Å²) in [7, 11) is 3.03. The molecular formula is C21H24N2O5. The monoisotopic (exact) mass is 384 g/mol. The highest BCUT2D eigenvalue weighted by atomic mass is 16.5. The fraction of sp³-hybridized carbons (Fsp3) is 0.333. The summed E-state index contributed by atoms with van der Waals surface area (Å²) in [5, 5.41) is 2.67. The van der Waals surface area contributed by atoms with E-state index in [1.165, 1.54) is 14.2 Å². The van der Waals surface area contributed by atoms with Gasteiger partial charge in [0.25, 0.3) is 5.91 Å². The molecular weight excluding hydrogens is 360 g/mol. The van der Waals surface area contributed by atoms with Gasteiger partial charge in [0.15, 0.2) is 0 Å².